The van der Waals surface area contributed by atoms with Gasteiger partial charge in [-0.15, -0.1) is 0 Å². The average molecular weight is 802 g/mol. The molecule has 0 unspecified atom stereocenters. The van der Waals surface area contributed by atoms with Crippen molar-refractivity contribution in [3.63, 3.8) is 0 Å². The zero-order valence-electron chi connectivity index (χ0n) is 22.7. The Kier molecular flexibility index (Phi) is 10.2. The van der Waals surface area contributed by atoms with Crippen LogP contribution in [-0.2, 0) is 33.7 Å². The van der Waals surface area contributed by atoms with Crippen LogP contribution in [0.4, 0.5) is 0 Å². The molecule has 6 aromatic carbocycles. The zero-order valence-corrected chi connectivity index (χ0v) is 27.6. The van der Waals surface area contributed by atoms with Gasteiger partial charge in [0.25, 0.3) is 6.33 Å². The summed E-state index contributed by atoms with van der Waals surface area (Å²) >= 11 is 4.08. The summed E-state index contributed by atoms with van der Waals surface area (Å²) in [4.78, 5) is 0.809. The minimum absolute atomic E-state index is 0. The molecule has 5 heteroatoms. The number of aromatic nitrogens is 2. The number of para-hydroxylation sites is 4. The molecule has 0 aliphatic rings. The summed E-state index contributed by atoms with van der Waals surface area (Å²) in [5.41, 5.74) is 4.06. The van der Waals surface area contributed by atoms with Crippen LogP contribution in [0, 0.1) is 12.4 Å². The molecule has 2 nitrogen and oxygen atoms in total. The van der Waals surface area contributed by atoms with E-state index in [4.69, 9.17) is 12.6 Å². The van der Waals surface area contributed by atoms with E-state index in [-0.39, 0.29) is 21.1 Å². The molecule has 0 N–H and O–H groups in total. The molecule has 0 radical (unpaired) electrons. The van der Waals surface area contributed by atoms with Crippen molar-refractivity contribution >= 4 is 51.4 Å². The summed E-state index contributed by atoms with van der Waals surface area (Å²) in [5, 5.41) is 0. The van der Waals surface area contributed by atoms with Gasteiger partial charge in [-0.2, -0.15) is 35.2 Å². The molecule has 1 aromatic heterocycles. The third-order valence-corrected chi connectivity index (χ3v) is 12.1. The summed E-state index contributed by atoms with van der Waals surface area (Å²) < 4.78 is 8.46. The van der Waals surface area contributed by atoms with E-state index >= 15 is 0 Å². The van der Waals surface area contributed by atoms with Gasteiger partial charge in [-0.3, -0.25) is 4.57 Å². The van der Waals surface area contributed by atoms with Crippen LogP contribution in [-0.4, -0.2) is 19.2 Å². The first-order valence-corrected chi connectivity index (χ1v) is 16.7. The second-order valence-corrected chi connectivity index (χ2v) is 14.4. The van der Waals surface area contributed by atoms with Gasteiger partial charge in [0.15, 0.2) is 0 Å². The molecular formula is C37H27AsN2PtS-2. The van der Waals surface area contributed by atoms with Gasteiger partial charge in [0, 0.05) is 26.8 Å². The van der Waals surface area contributed by atoms with Crippen LogP contribution in [0.3, 0.4) is 0 Å². The monoisotopic (exact) mass is 801 g/mol. The predicted molar refractivity (Wildman–Crippen MR) is 172 cm³/mol. The van der Waals surface area contributed by atoms with Crippen LogP contribution in [0.5, 0.6) is 0 Å². The van der Waals surface area contributed by atoms with Crippen LogP contribution in [0.15, 0.2) is 169 Å². The maximum atomic E-state index is 5.47. The van der Waals surface area contributed by atoms with E-state index < -0.39 is 14.7 Å². The fraction of sp³-hybridized carbons (Fsp3) is 0. The van der Waals surface area contributed by atoms with Crippen LogP contribution in [0.25, 0.3) is 22.4 Å². The van der Waals surface area contributed by atoms with Crippen molar-refractivity contribution in [2.75, 3.05) is 0 Å². The Morgan fingerprint density at radius 3 is 1.60 bits per heavy atom. The molecule has 0 amide bonds. The summed E-state index contributed by atoms with van der Waals surface area (Å²) in [5.74, 6) is 0. The number of hydrogen-bond donors (Lipinski definition) is 0. The van der Waals surface area contributed by atoms with Crippen LogP contribution in [0.2, 0.25) is 0 Å². The molecule has 208 valence electrons. The molecule has 7 rings (SSSR count). The van der Waals surface area contributed by atoms with Gasteiger partial charge in [0.05, 0.1) is 11.0 Å². The number of nitrogens with zero attached hydrogens (tertiary/aromatic N) is 2. The number of imidazole rings is 1. The van der Waals surface area contributed by atoms with Gasteiger partial charge in [-0.05, 0) is 5.69 Å². The van der Waals surface area contributed by atoms with Crippen molar-refractivity contribution < 1.29 is 25.6 Å². The summed E-state index contributed by atoms with van der Waals surface area (Å²) in [6.07, 6.45) is 3.40. The van der Waals surface area contributed by atoms with E-state index in [0.29, 0.717) is 0 Å². The minimum atomic E-state index is -1.39. The third-order valence-electron chi connectivity index (χ3n) is 6.65. The molecule has 0 saturated heterocycles. The molecule has 0 aliphatic heterocycles. The van der Waals surface area contributed by atoms with Crippen molar-refractivity contribution in [1.82, 2.24) is 4.57 Å². The van der Waals surface area contributed by atoms with E-state index in [1.807, 2.05) is 69.8 Å². The average Bonchev–Trinajstić information content (AvgIpc) is 3.43. The summed E-state index contributed by atoms with van der Waals surface area (Å²) in [6, 6.07) is 59.9. The molecule has 0 atom stereocenters. The predicted octanol–water partition coefficient (Wildman–Crippen LogP) is 5.61. The Bertz CT molecular complexity index is 1750. The van der Waals surface area contributed by atoms with Crippen molar-refractivity contribution in [2.24, 2.45) is 0 Å². The first kappa shape index (κ1) is 29.7. The van der Waals surface area contributed by atoms with Crippen LogP contribution >= 0.6 is 0 Å². The molecule has 1 heterocycles. The van der Waals surface area contributed by atoms with Gasteiger partial charge in [0.1, 0.15) is 0 Å². The molecule has 0 spiro atoms. The molecule has 0 saturated carbocycles. The number of benzene rings is 6. The summed E-state index contributed by atoms with van der Waals surface area (Å²) in [7, 11) is 0. The van der Waals surface area contributed by atoms with Crippen molar-refractivity contribution in [1.29, 1.82) is 0 Å². The fourth-order valence-electron chi connectivity index (χ4n) is 4.76. The molecule has 7 aromatic rings. The topological polar surface area (TPSA) is 8.81 Å². The standard InChI is InChI=1S/C19H13N2S.C18H15As.Pt/c22-19-13-7-6-12-18(19)21-14-20(15-8-2-1-3-9-15)16-10-4-5-11-17(16)21;1-4-10-16(11-5-1)19(17-12-6-2-7-13-17)18-14-8-3-9-15-18;/h1-8,10-13,22H;1-15H;/q-1;;/p-1. The Morgan fingerprint density at radius 1 is 0.548 bits per heavy atom. The first-order valence-electron chi connectivity index (χ1n) is 13.4. The molecular weight excluding hydrogens is 774 g/mol. The normalized spacial score (nSPS) is 10.5. The Labute approximate surface area is 272 Å². The van der Waals surface area contributed by atoms with Crippen molar-refractivity contribution in [3.05, 3.63) is 176 Å². The van der Waals surface area contributed by atoms with E-state index in [1.54, 1.807) is 0 Å². The second kappa shape index (κ2) is 14.4. The van der Waals surface area contributed by atoms with E-state index in [1.165, 1.54) is 13.1 Å². The van der Waals surface area contributed by atoms with Gasteiger partial charge in [-0.25, -0.2) is 0 Å². The Morgan fingerprint density at radius 2 is 1.05 bits per heavy atom. The zero-order chi connectivity index (χ0) is 27.9. The Balaban J connectivity index is 0.000000166. The number of hydrogen-bond acceptors (Lipinski definition) is 1. The number of rotatable bonds is 5. The van der Waals surface area contributed by atoms with E-state index in [9.17, 15) is 0 Å². The van der Waals surface area contributed by atoms with E-state index in [2.05, 4.69) is 116 Å². The van der Waals surface area contributed by atoms with Gasteiger partial charge >= 0.3 is 119 Å². The molecule has 0 fully saturated rings. The SMILES string of the molecule is [Pt].[S-]c1ccccc1-[n+]1[c-]n(-c2[c-]cccc2)c2ccccc21.c1ccc([As](c2ccccc2)c2ccccc2)cc1. The third kappa shape index (κ3) is 6.66. The Hall–Kier alpha value is -3.74. The molecule has 0 aliphatic carbocycles. The van der Waals surface area contributed by atoms with Crippen molar-refractivity contribution in [2.45, 2.75) is 4.90 Å². The van der Waals surface area contributed by atoms with Gasteiger partial charge in [-0.1, -0.05) is 48.5 Å². The molecule has 42 heavy (non-hydrogen) atoms. The maximum absolute atomic E-state index is 5.47. The van der Waals surface area contributed by atoms with Crippen LogP contribution in [0.1, 0.15) is 0 Å². The number of fused-ring (bicyclic) bond motifs is 1. The van der Waals surface area contributed by atoms with Crippen LogP contribution < -0.4 is 17.6 Å². The molecule has 0 bridgehead atoms. The van der Waals surface area contributed by atoms with Gasteiger partial charge < -0.3 is 17.2 Å². The van der Waals surface area contributed by atoms with Crippen molar-refractivity contribution in [3.8, 4) is 11.4 Å². The fourth-order valence-corrected chi connectivity index (χ4v) is 9.84. The summed E-state index contributed by atoms with van der Waals surface area (Å²) in [6.45, 7) is 0. The van der Waals surface area contributed by atoms with Gasteiger partial charge in [0.2, 0.25) is 0 Å². The quantitative estimate of drug-likeness (QED) is 0.0953. The first-order chi connectivity index (χ1) is 20.3. The second-order valence-electron chi connectivity index (χ2n) is 9.32. The van der Waals surface area contributed by atoms with E-state index in [0.717, 1.165) is 27.3 Å².